The lowest BCUT2D eigenvalue weighted by Crippen LogP contribution is -2.13. The molecule has 0 aliphatic heterocycles. The first-order chi connectivity index (χ1) is 9.68. The minimum atomic E-state index is -4.47. The Labute approximate surface area is 147 Å². The van der Waals surface area contributed by atoms with Gasteiger partial charge in [-0.25, -0.2) is 0 Å². The molecule has 1 heterocycles. The number of halogens is 6. The highest BCUT2D eigenvalue weighted by atomic mass is 79.9. The molecule has 1 amide bonds. The predicted octanol–water partition coefficient (Wildman–Crippen LogP) is 6.31. The van der Waals surface area contributed by atoms with Crippen LogP contribution in [0.2, 0.25) is 0 Å². The predicted molar refractivity (Wildman–Crippen MR) is 86.8 cm³/mol. The van der Waals surface area contributed by atoms with Gasteiger partial charge in [0.15, 0.2) is 0 Å². The fraction of sp³-hybridized carbons (Fsp3) is 0.0833. The van der Waals surface area contributed by atoms with Gasteiger partial charge >= 0.3 is 6.18 Å². The van der Waals surface area contributed by atoms with Crippen LogP contribution in [0.3, 0.4) is 0 Å². The SMILES string of the molecule is O=C(Nc1cc(C(F)(F)F)ccc1Br)c1cc(Br)sc1Br. The molecule has 0 saturated heterocycles. The van der Waals surface area contributed by atoms with Crippen LogP contribution in [-0.2, 0) is 6.18 Å². The minimum absolute atomic E-state index is 0.0593. The van der Waals surface area contributed by atoms with Crippen LogP contribution in [0.5, 0.6) is 0 Å². The molecule has 0 radical (unpaired) electrons. The van der Waals surface area contributed by atoms with Gasteiger partial charge in [-0.3, -0.25) is 4.79 Å². The van der Waals surface area contributed by atoms with Crippen molar-refractivity contribution in [1.82, 2.24) is 0 Å². The van der Waals surface area contributed by atoms with Gasteiger partial charge in [-0.05, 0) is 72.1 Å². The van der Waals surface area contributed by atoms with E-state index in [-0.39, 0.29) is 5.69 Å². The topological polar surface area (TPSA) is 29.1 Å². The van der Waals surface area contributed by atoms with Crippen LogP contribution in [0.25, 0.3) is 0 Å². The Hall–Kier alpha value is -0.380. The number of rotatable bonds is 2. The third-order valence-corrected chi connectivity index (χ3v) is 5.47. The number of hydrogen-bond acceptors (Lipinski definition) is 2. The second-order valence-electron chi connectivity index (χ2n) is 3.88. The molecule has 2 aromatic rings. The zero-order valence-electron chi connectivity index (χ0n) is 9.89. The monoisotopic (exact) mass is 505 g/mol. The largest absolute Gasteiger partial charge is 0.416 e. The molecule has 0 atom stereocenters. The first-order valence-corrected chi connectivity index (χ1v) is 8.51. The molecule has 1 N–H and O–H groups in total. The summed E-state index contributed by atoms with van der Waals surface area (Å²) in [6.07, 6.45) is -4.47. The van der Waals surface area contributed by atoms with Crippen molar-refractivity contribution < 1.29 is 18.0 Å². The van der Waals surface area contributed by atoms with Crippen molar-refractivity contribution in [2.45, 2.75) is 6.18 Å². The van der Waals surface area contributed by atoms with Crippen LogP contribution >= 0.6 is 59.1 Å². The van der Waals surface area contributed by atoms with E-state index in [1.165, 1.54) is 17.4 Å². The second-order valence-corrected chi connectivity index (χ2v) is 8.49. The average Bonchev–Trinajstić information content (AvgIpc) is 2.70. The smallest absolute Gasteiger partial charge is 0.321 e. The maximum absolute atomic E-state index is 12.7. The van der Waals surface area contributed by atoms with Crippen LogP contribution in [0.15, 0.2) is 36.3 Å². The van der Waals surface area contributed by atoms with Gasteiger partial charge in [0.05, 0.1) is 24.4 Å². The molecule has 0 fully saturated rings. The molecule has 1 aromatic carbocycles. The van der Waals surface area contributed by atoms with Gasteiger partial charge < -0.3 is 5.32 Å². The van der Waals surface area contributed by atoms with Gasteiger partial charge in [0.1, 0.15) is 0 Å². The fourth-order valence-electron chi connectivity index (χ4n) is 1.48. The first-order valence-electron chi connectivity index (χ1n) is 5.31. The maximum atomic E-state index is 12.7. The summed E-state index contributed by atoms with van der Waals surface area (Å²) in [7, 11) is 0. The Morgan fingerprint density at radius 2 is 1.81 bits per heavy atom. The van der Waals surface area contributed by atoms with Crippen LogP contribution in [0.4, 0.5) is 18.9 Å². The molecule has 0 unspecified atom stereocenters. The van der Waals surface area contributed by atoms with Gasteiger partial charge in [0.2, 0.25) is 0 Å². The van der Waals surface area contributed by atoms with Crippen molar-refractivity contribution in [3.05, 3.63) is 47.4 Å². The van der Waals surface area contributed by atoms with Crippen molar-refractivity contribution in [1.29, 1.82) is 0 Å². The Bertz CT molecular complexity index is 700. The molecule has 9 heteroatoms. The number of hydrogen-bond donors (Lipinski definition) is 1. The zero-order chi connectivity index (χ0) is 15.8. The van der Waals surface area contributed by atoms with Crippen molar-refractivity contribution in [2.75, 3.05) is 5.32 Å². The first kappa shape index (κ1) is 17.0. The van der Waals surface area contributed by atoms with Crippen LogP contribution in [-0.4, -0.2) is 5.91 Å². The lowest BCUT2D eigenvalue weighted by atomic mass is 10.2. The Morgan fingerprint density at radius 1 is 1.14 bits per heavy atom. The van der Waals surface area contributed by atoms with E-state index < -0.39 is 17.6 Å². The quantitative estimate of drug-likeness (QED) is 0.507. The summed E-state index contributed by atoms with van der Waals surface area (Å²) >= 11 is 10.9. The Morgan fingerprint density at radius 3 is 2.33 bits per heavy atom. The number of anilines is 1. The lowest BCUT2D eigenvalue weighted by molar-refractivity contribution is -0.137. The molecule has 0 aliphatic carbocycles. The van der Waals surface area contributed by atoms with E-state index in [0.29, 0.717) is 13.8 Å². The van der Waals surface area contributed by atoms with E-state index in [4.69, 9.17) is 0 Å². The zero-order valence-corrected chi connectivity index (χ0v) is 15.5. The normalized spacial score (nSPS) is 11.5. The molecule has 0 bridgehead atoms. The summed E-state index contributed by atoms with van der Waals surface area (Å²) in [5.41, 5.74) is -0.424. The number of nitrogens with one attached hydrogen (secondary N) is 1. The van der Waals surface area contributed by atoms with E-state index >= 15 is 0 Å². The van der Waals surface area contributed by atoms with Crippen LogP contribution in [0.1, 0.15) is 15.9 Å². The van der Waals surface area contributed by atoms with Crippen LogP contribution < -0.4 is 5.32 Å². The highest BCUT2D eigenvalue weighted by molar-refractivity contribution is 9.12. The van der Waals surface area contributed by atoms with Crippen molar-refractivity contribution in [2.24, 2.45) is 0 Å². The van der Waals surface area contributed by atoms with Gasteiger partial charge in [-0.2, -0.15) is 13.2 Å². The highest BCUT2D eigenvalue weighted by Gasteiger charge is 2.31. The third-order valence-electron chi connectivity index (χ3n) is 2.44. The molecule has 0 aliphatic rings. The number of carbonyl (C=O) groups excluding carboxylic acids is 1. The maximum Gasteiger partial charge on any atom is 0.416 e. The summed E-state index contributed by atoms with van der Waals surface area (Å²) in [4.78, 5) is 12.1. The number of benzene rings is 1. The Balaban J connectivity index is 2.31. The van der Waals surface area contributed by atoms with E-state index in [1.807, 2.05) is 0 Å². The van der Waals surface area contributed by atoms with Gasteiger partial charge in [-0.15, -0.1) is 11.3 Å². The van der Waals surface area contributed by atoms with E-state index in [2.05, 4.69) is 53.1 Å². The summed E-state index contributed by atoms with van der Waals surface area (Å²) in [5, 5.41) is 2.46. The molecule has 1 aromatic heterocycles. The molecule has 2 rings (SSSR count). The van der Waals surface area contributed by atoms with Gasteiger partial charge in [0.25, 0.3) is 5.91 Å². The molecule has 0 saturated carbocycles. The molecule has 112 valence electrons. The standard InChI is InChI=1S/C12H5Br3F3NOS/c13-7-2-1-5(12(16,17)18)3-8(7)19-11(20)6-4-9(14)21-10(6)15/h1-4H,(H,19,20). The minimum Gasteiger partial charge on any atom is -0.321 e. The van der Waals surface area contributed by atoms with E-state index in [0.717, 1.165) is 15.9 Å². The highest BCUT2D eigenvalue weighted by Crippen LogP contribution is 2.35. The van der Waals surface area contributed by atoms with E-state index in [9.17, 15) is 18.0 Å². The molecular weight excluding hydrogens is 503 g/mol. The van der Waals surface area contributed by atoms with Crippen molar-refractivity contribution in [3.63, 3.8) is 0 Å². The van der Waals surface area contributed by atoms with Crippen LogP contribution in [0, 0.1) is 0 Å². The van der Waals surface area contributed by atoms with Crippen molar-refractivity contribution in [3.8, 4) is 0 Å². The molecular formula is C12H5Br3F3NOS. The van der Waals surface area contributed by atoms with Gasteiger partial charge in [0, 0.05) is 4.47 Å². The average molecular weight is 508 g/mol. The lowest BCUT2D eigenvalue weighted by Gasteiger charge is -2.11. The molecule has 2 nitrogen and oxygen atoms in total. The second kappa shape index (κ2) is 6.39. The number of carbonyl (C=O) groups is 1. The summed E-state index contributed by atoms with van der Waals surface area (Å²) < 4.78 is 39.8. The number of amides is 1. The van der Waals surface area contributed by atoms with Crippen molar-refractivity contribution >= 4 is 70.7 Å². The van der Waals surface area contributed by atoms with Gasteiger partial charge in [-0.1, -0.05) is 0 Å². The summed E-state index contributed by atoms with van der Waals surface area (Å²) in [5.74, 6) is -0.496. The number of thiophene rings is 1. The fourth-order valence-corrected chi connectivity index (χ4v) is 4.62. The summed E-state index contributed by atoms with van der Waals surface area (Å²) in [6, 6.07) is 4.66. The Kier molecular flexibility index (Phi) is 5.17. The third kappa shape index (κ3) is 4.08. The van der Waals surface area contributed by atoms with E-state index in [1.54, 1.807) is 6.07 Å². The molecule has 0 spiro atoms. The summed E-state index contributed by atoms with van der Waals surface area (Å²) in [6.45, 7) is 0. The molecule has 21 heavy (non-hydrogen) atoms. The number of alkyl halides is 3.